The van der Waals surface area contributed by atoms with Crippen LogP contribution in [0.5, 0.6) is 0 Å². The van der Waals surface area contributed by atoms with Crippen molar-refractivity contribution in [2.24, 2.45) is 0 Å². The van der Waals surface area contributed by atoms with E-state index in [2.05, 4.69) is 24.3 Å². The number of carbonyl (C=O) groups is 2. The Morgan fingerprint density at radius 1 is 0.622 bits per heavy atom. The minimum atomic E-state index is -0.830. The fraction of sp³-hybridized carbons (Fsp3) is 0.212. The molecule has 37 heavy (non-hydrogen) atoms. The summed E-state index contributed by atoms with van der Waals surface area (Å²) >= 11 is 0. The van der Waals surface area contributed by atoms with E-state index in [9.17, 15) is 9.59 Å². The van der Waals surface area contributed by atoms with E-state index in [4.69, 9.17) is 9.47 Å². The number of esters is 2. The molecule has 0 aliphatic carbocycles. The van der Waals surface area contributed by atoms with Gasteiger partial charge in [0.1, 0.15) is 5.60 Å². The molecule has 0 saturated carbocycles. The largest absolute Gasteiger partial charge is 0.459 e. The van der Waals surface area contributed by atoms with Crippen LogP contribution in [0, 0.1) is 0 Å². The molecule has 0 N–H and O–H groups in total. The first-order chi connectivity index (χ1) is 18.0. The van der Waals surface area contributed by atoms with E-state index >= 15 is 0 Å². The number of ether oxygens (including phenoxy) is 2. The number of rotatable bonds is 11. The molecule has 4 aromatic rings. The highest BCUT2D eigenvalue weighted by Gasteiger charge is 2.36. The quantitative estimate of drug-likeness (QED) is 0.210. The van der Waals surface area contributed by atoms with Crippen molar-refractivity contribution in [3.05, 3.63) is 144 Å². The van der Waals surface area contributed by atoms with Crippen molar-refractivity contribution in [1.29, 1.82) is 0 Å². The second-order valence-electron chi connectivity index (χ2n) is 9.38. The van der Waals surface area contributed by atoms with Gasteiger partial charge < -0.3 is 9.47 Å². The molecule has 0 fully saturated rings. The average molecular weight is 493 g/mol. The second-order valence-corrected chi connectivity index (χ2v) is 9.38. The SMILES string of the molecule is CC(CCC(Cc1ccccc1)(Cc1ccccc1)OC(=O)c1ccccc1)OC(=O)c1ccccc1. The van der Waals surface area contributed by atoms with E-state index < -0.39 is 5.60 Å². The molecule has 0 aliphatic rings. The highest BCUT2D eigenvalue weighted by Crippen LogP contribution is 2.31. The molecule has 0 spiro atoms. The maximum Gasteiger partial charge on any atom is 0.338 e. The maximum atomic E-state index is 13.3. The van der Waals surface area contributed by atoms with Gasteiger partial charge in [-0.3, -0.25) is 0 Å². The van der Waals surface area contributed by atoms with Crippen molar-refractivity contribution < 1.29 is 19.1 Å². The lowest BCUT2D eigenvalue weighted by Gasteiger charge is -2.35. The van der Waals surface area contributed by atoms with Gasteiger partial charge in [0.2, 0.25) is 0 Å². The molecule has 0 saturated heterocycles. The van der Waals surface area contributed by atoms with Crippen LogP contribution < -0.4 is 0 Å². The molecule has 0 aromatic heterocycles. The van der Waals surface area contributed by atoms with Crippen LogP contribution in [0.15, 0.2) is 121 Å². The Bertz CT molecular complexity index is 1210. The minimum Gasteiger partial charge on any atom is -0.459 e. The van der Waals surface area contributed by atoms with E-state index in [0.717, 1.165) is 11.1 Å². The van der Waals surface area contributed by atoms with Crippen molar-refractivity contribution in [3.63, 3.8) is 0 Å². The molecule has 1 unspecified atom stereocenters. The zero-order chi connectivity index (χ0) is 25.9. The smallest absolute Gasteiger partial charge is 0.338 e. The second kappa shape index (κ2) is 12.7. The predicted molar refractivity (Wildman–Crippen MR) is 145 cm³/mol. The van der Waals surface area contributed by atoms with Gasteiger partial charge in [-0.15, -0.1) is 0 Å². The van der Waals surface area contributed by atoms with Crippen LogP contribution in [0.1, 0.15) is 51.6 Å². The zero-order valence-electron chi connectivity index (χ0n) is 21.1. The van der Waals surface area contributed by atoms with Gasteiger partial charge in [0.25, 0.3) is 0 Å². The average Bonchev–Trinajstić information content (AvgIpc) is 2.94. The van der Waals surface area contributed by atoms with E-state index in [1.807, 2.05) is 79.7 Å². The summed E-state index contributed by atoms with van der Waals surface area (Å²) in [5.74, 6) is -0.715. The first kappa shape index (κ1) is 25.9. The van der Waals surface area contributed by atoms with Crippen molar-refractivity contribution in [1.82, 2.24) is 0 Å². The van der Waals surface area contributed by atoms with Crippen LogP contribution in [0.2, 0.25) is 0 Å². The Morgan fingerprint density at radius 2 is 1.03 bits per heavy atom. The lowest BCUT2D eigenvalue weighted by molar-refractivity contribution is -0.0312. The highest BCUT2D eigenvalue weighted by atomic mass is 16.6. The van der Waals surface area contributed by atoms with Gasteiger partial charge in [-0.2, -0.15) is 0 Å². The molecular weight excluding hydrogens is 460 g/mol. The third kappa shape index (κ3) is 7.65. The molecular formula is C33H32O4. The zero-order valence-corrected chi connectivity index (χ0v) is 21.1. The van der Waals surface area contributed by atoms with E-state index in [1.54, 1.807) is 24.3 Å². The van der Waals surface area contributed by atoms with Crippen LogP contribution in [0.3, 0.4) is 0 Å². The summed E-state index contributed by atoms with van der Waals surface area (Å²) in [5, 5.41) is 0. The van der Waals surface area contributed by atoms with Crippen molar-refractivity contribution in [3.8, 4) is 0 Å². The summed E-state index contributed by atoms with van der Waals surface area (Å²) in [6.45, 7) is 1.88. The molecule has 4 aromatic carbocycles. The third-order valence-corrected chi connectivity index (χ3v) is 6.38. The van der Waals surface area contributed by atoms with Gasteiger partial charge in [0, 0.05) is 12.8 Å². The molecule has 1 atom stereocenters. The van der Waals surface area contributed by atoms with Gasteiger partial charge in [0.05, 0.1) is 17.2 Å². The Labute approximate surface area is 218 Å². The Kier molecular flexibility index (Phi) is 8.88. The van der Waals surface area contributed by atoms with Gasteiger partial charge >= 0.3 is 11.9 Å². The van der Waals surface area contributed by atoms with Crippen LogP contribution in [0.4, 0.5) is 0 Å². The molecule has 0 amide bonds. The van der Waals surface area contributed by atoms with Crippen LogP contribution in [-0.4, -0.2) is 23.6 Å². The molecule has 0 aliphatic heterocycles. The molecule has 188 valence electrons. The molecule has 4 heteroatoms. The number of hydrogen-bond donors (Lipinski definition) is 0. The highest BCUT2D eigenvalue weighted by molar-refractivity contribution is 5.90. The molecule has 4 nitrogen and oxygen atoms in total. The Balaban J connectivity index is 1.60. The number of hydrogen-bond acceptors (Lipinski definition) is 4. The van der Waals surface area contributed by atoms with Gasteiger partial charge in [-0.1, -0.05) is 97.1 Å². The first-order valence-electron chi connectivity index (χ1n) is 12.7. The van der Waals surface area contributed by atoms with Crippen LogP contribution >= 0.6 is 0 Å². The molecule has 0 radical (unpaired) electrons. The molecule has 0 heterocycles. The number of carbonyl (C=O) groups excluding carboxylic acids is 2. The monoisotopic (exact) mass is 492 g/mol. The Morgan fingerprint density at radius 3 is 1.49 bits per heavy atom. The summed E-state index contributed by atoms with van der Waals surface area (Å²) in [6.07, 6.45) is 1.80. The summed E-state index contributed by atoms with van der Waals surface area (Å²) in [6, 6.07) is 38.2. The normalized spacial score (nSPS) is 11.9. The minimum absolute atomic E-state index is 0.353. The van der Waals surface area contributed by atoms with Gasteiger partial charge in [-0.25, -0.2) is 9.59 Å². The first-order valence-corrected chi connectivity index (χ1v) is 12.7. The van der Waals surface area contributed by atoms with Gasteiger partial charge in [-0.05, 0) is 55.2 Å². The summed E-state index contributed by atoms with van der Waals surface area (Å²) in [5.41, 5.74) is 2.35. The van der Waals surface area contributed by atoms with E-state index in [1.165, 1.54) is 0 Å². The molecule has 0 bridgehead atoms. The Hall–Kier alpha value is -4.18. The van der Waals surface area contributed by atoms with E-state index in [0.29, 0.717) is 36.8 Å². The van der Waals surface area contributed by atoms with Crippen molar-refractivity contribution in [2.75, 3.05) is 0 Å². The lowest BCUT2D eigenvalue weighted by atomic mass is 9.83. The van der Waals surface area contributed by atoms with E-state index in [-0.39, 0.29) is 18.0 Å². The fourth-order valence-electron chi connectivity index (χ4n) is 4.48. The maximum absolute atomic E-state index is 13.3. The molecule has 4 rings (SSSR count). The summed E-state index contributed by atoms with van der Waals surface area (Å²) < 4.78 is 12.1. The lowest BCUT2D eigenvalue weighted by Crippen LogP contribution is -2.41. The third-order valence-electron chi connectivity index (χ3n) is 6.38. The predicted octanol–water partition coefficient (Wildman–Crippen LogP) is 7.09. The summed E-state index contributed by atoms with van der Waals surface area (Å²) in [7, 11) is 0. The van der Waals surface area contributed by atoms with Crippen LogP contribution in [-0.2, 0) is 22.3 Å². The summed E-state index contributed by atoms with van der Waals surface area (Å²) in [4.78, 5) is 26.0. The van der Waals surface area contributed by atoms with Crippen molar-refractivity contribution >= 4 is 11.9 Å². The van der Waals surface area contributed by atoms with Crippen molar-refractivity contribution in [2.45, 2.75) is 44.3 Å². The fourth-order valence-corrected chi connectivity index (χ4v) is 4.48. The topological polar surface area (TPSA) is 52.6 Å². The standard InChI is InChI=1S/C33H32O4/c1-26(36-31(34)29-18-10-4-11-19-29)22-23-33(24-27-14-6-2-7-15-27,25-28-16-8-3-9-17-28)37-32(35)30-20-12-5-13-21-30/h2-21,26H,22-25H2,1H3. The van der Waals surface area contributed by atoms with Gasteiger partial charge in [0.15, 0.2) is 0 Å². The number of benzene rings is 4. The van der Waals surface area contributed by atoms with Crippen LogP contribution in [0.25, 0.3) is 0 Å².